The van der Waals surface area contributed by atoms with Crippen LogP contribution in [0.4, 0.5) is 4.79 Å². The maximum Gasteiger partial charge on any atom is 0.509 e. The van der Waals surface area contributed by atoms with E-state index in [1.54, 1.807) is 6.08 Å². The third-order valence-corrected chi connectivity index (χ3v) is 3.53. The minimum absolute atomic E-state index is 0.430. The van der Waals surface area contributed by atoms with Crippen LogP contribution in [-0.2, 0) is 9.47 Å². The molecule has 0 fully saturated rings. The molecule has 0 aliphatic heterocycles. The van der Waals surface area contributed by atoms with Crippen LogP contribution in [0.1, 0.15) is 66.2 Å². The highest BCUT2D eigenvalue weighted by Crippen LogP contribution is 2.26. The van der Waals surface area contributed by atoms with Crippen molar-refractivity contribution >= 4 is 6.16 Å². The third kappa shape index (κ3) is 7.24. The van der Waals surface area contributed by atoms with Gasteiger partial charge < -0.3 is 9.47 Å². The van der Waals surface area contributed by atoms with E-state index in [0.29, 0.717) is 12.5 Å². The van der Waals surface area contributed by atoms with Crippen molar-refractivity contribution in [1.82, 2.24) is 0 Å². The van der Waals surface area contributed by atoms with Gasteiger partial charge in [-0.1, -0.05) is 53.5 Å². The lowest BCUT2D eigenvalue weighted by Crippen LogP contribution is -2.33. The zero-order valence-corrected chi connectivity index (χ0v) is 13.0. The highest BCUT2D eigenvalue weighted by molar-refractivity contribution is 5.60. The standard InChI is InChI=1S/C16H30O3/c1-6-11-16(9-4,12-7-2)19-15(17)18-13-10-14(5)8-3/h9,14H,4,6-8,10-13H2,1-3,5H3. The number of carbonyl (C=O) groups excluding carboxylic acids is 1. The summed E-state index contributed by atoms with van der Waals surface area (Å²) in [5.41, 5.74) is -0.559. The summed E-state index contributed by atoms with van der Waals surface area (Å²) >= 11 is 0. The number of ether oxygens (including phenoxy) is 2. The molecule has 0 aliphatic carbocycles. The Morgan fingerprint density at radius 3 is 2.26 bits per heavy atom. The fourth-order valence-corrected chi connectivity index (χ4v) is 2.06. The second-order valence-electron chi connectivity index (χ2n) is 5.27. The van der Waals surface area contributed by atoms with E-state index in [1.165, 1.54) is 0 Å². The molecule has 3 heteroatoms. The minimum atomic E-state index is -0.565. The van der Waals surface area contributed by atoms with Crippen LogP contribution in [0.5, 0.6) is 0 Å². The van der Waals surface area contributed by atoms with Crippen LogP contribution in [0.2, 0.25) is 0 Å². The maximum atomic E-state index is 11.7. The normalized spacial score (nSPS) is 12.8. The fourth-order valence-electron chi connectivity index (χ4n) is 2.06. The Morgan fingerprint density at radius 1 is 1.26 bits per heavy atom. The van der Waals surface area contributed by atoms with Gasteiger partial charge in [0.25, 0.3) is 0 Å². The summed E-state index contributed by atoms with van der Waals surface area (Å²) < 4.78 is 10.7. The molecule has 0 saturated carbocycles. The molecule has 0 heterocycles. The largest absolute Gasteiger partial charge is 0.509 e. The predicted octanol–water partition coefficient (Wildman–Crippen LogP) is 5.10. The van der Waals surface area contributed by atoms with E-state index in [0.717, 1.165) is 38.5 Å². The van der Waals surface area contributed by atoms with Crippen molar-refractivity contribution in [1.29, 1.82) is 0 Å². The maximum absolute atomic E-state index is 11.7. The molecule has 1 unspecified atom stereocenters. The van der Waals surface area contributed by atoms with E-state index < -0.39 is 11.8 Å². The van der Waals surface area contributed by atoms with Crippen molar-refractivity contribution in [2.75, 3.05) is 6.61 Å². The first kappa shape index (κ1) is 18.0. The minimum Gasteiger partial charge on any atom is -0.434 e. The Balaban J connectivity index is 4.26. The van der Waals surface area contributed by atoms with Crippen molar-refractivity contribution in [3.05, 3.63) is 12.7 Å². The van der Waals surface area contributed by atoms with Crippen LogP contribution in [0.25, 0.3) is 0 Å². The number of hydrogen-bond acceptors (Lipinski definition) is 3. The summed E-state index contributed by atoms with van der Waals surface area (Å²) in [7, 11) is 0. The number of carbonyl (C=O) groups is 1. The zero-order chi connectivity index (χ0) is 14.7. The monoisotopic (exact) mass is 270 g/mol. The van der Waals surface area contributed by atoms with E-state index in [9.17, 15) is 4.79 Å². The van der Waals surface area contributed by atoms with Gasteiger partial charge in [-0.15, -0.1) is 0 Å². The molecule has 3 nitrogen and oxygen atoms in total. The molecule has 0 aromatic carbocycles. The molecule has 112 valence electrons. The molecule has 0 saturated heterocycles. The molecule has 0 amide bonds. The van der Waals surface area contributed by atoms with Gasteiger partial charge in [-0.2, -0.15) is 0 Å². The summed E-state index contributed by atoms with van der Waals surface area (Å²) in [5.74, 6) is 0.572. The molecule has 0 bridgehead atoms. The van der Waals surface area contributed by atoms with Gasteiger partial charge in [-0.05, 0) is 31.3 Å². The Labute approximate surface area is 118 Å². The Hall–Kier alpha value is -0.990. The lowest BCUT2D eigenvalue weighted by atomic mass is 9.93. The molecule has 0 spiro atoms. The first-order valence-corrected chi connectivity index (χ1v) is 7.52. The quantitative estimate of drug-likeness (QED) is 0.409. The van der Waals surface area contributed by atoms with E-state index in [2.05, 4.69) is 34.3 Å². The van der Waals surface area contributed by atoms with Crippen molar-refractivity contribution < 1.29 is 14.3 Å². The van der Waals surface area contributed by atoms with Crippen LogP contribution in [0.3, 0.4) is 0 Å². The summed E-state index contributed by atoms with van der Waals surface area (Å²) in [6, 6.07) is 0. The summed E-state index contributed by atoms with van der Waals surface area (Å²) in [6.45, 7) is 12.7. The molecule has 0 N–H and O–H groups in total. The van der Waals surface area contributed by atoms with Crippen molar-refractivity contribution in [2.24, 2.45) is 5.92 Å². The van der Waals surface area contributed by atoms with Crippen molar-refractivity contribution in [2.45, 2.75) is 71.8 Å². The second-order valence-corrected chi connectivity index (χ2v) is 5.27. The van der Waals surface area contributed by atoms with E-state index in [-0.39, 0.29) is 0 Å². The van der Waals surface area contributed by atoms with Gasteiger partial charge in [0.15, 0.2) is 0 Å². The summed E-state index contributed by atoms with van der Waals surface area (Å²) in [5, 5.41) is 0. The van der Waals surface area contributed by atoms with E-state index in [4.69, 9.17) is 9.47 Å². The molecular formula is C16H30O3. The SMILES string of the molecule is C=CC(CCC)(CCC)OC(=O)OCCC(C)CC. The van der Waals surface area contributed by atoms with Crippen molar-refractivity contribution in [3.63, 3.8) is 0 Å². The highest BCUT2D eigenvalue weighted by atomic mass is 16.7. The van der Waals surface area contributed by atoms with Crippen LogP contribution in [-0.4, -0.2) is 18.4 Å². The van der Waals surface area contributed by atoms with Gasteiger partial charge >= 0.3 is 6.16 Å². The highest BCUT2D eigenvalue weighted by Gasteiger charge is 2.29. The lowest BCUT2D eigenvalue weighted by molar-refractivity contribution is -0.0205. The van der Waals surface area contributed by atoms with E-state index in [1.807, 2.05) is 0 Å². The first-order valence-electron chi connectivity index (χ1n) is 7.52. The number of hydrogen-bond donors (Lipinski definition) is 0. The molecule has 1 atom stereocenters. The summed E-state index contributed by atoms with van der Waals surface area (Å²) in [4.78, 5) is 11.7. The van der Waals surface area contributed by atoms with Crippen molar-refractivity contribution in [3.8, 4) is 0 Å². The van der Waals surface area contributed by atoms with Crippen LogP contribution in [0.15, 0.2) is 12.7 Å². The molecule has 0 radical (unpaired) electrons. The Bertz CT molecular complexity index is 255. The molecule has 0 aromatic rings. The van der Waals surface area contributed by atoms with Crippen LogP contribution >= 0.6 is 0 Å². The first-order chi connectivity index (χ1) is 9.03. The average Bonchev–Trinajstić information content (AvgIpc) is 2.38. The fraction of sp³-hybridized carbons (Fsp3) is 0.812. The third-order valence-electron chi connectivity index (χ3n) is 3.53. The van der Waals surface area contributed by atoms with Gasteiger partial charge in [0, 0.05) is 0 Å². The lowest BCUT2D eigenvalue weighted by Gasteiger charge is -2.29. The van der Waals surface area contributed by atoms with Gasteiger partial charge in [-0.25, -0.2) is 4.79 Å². The second kappa shape index (κ2) is 9.88. The molecule has 19 heavy (non-hydrogen) atoms. The topological polar surface area (TPSA) is 35.5 Å². The van der Waals surface area contributed by atoms with Gasteiger partial charge in [-0.3, -0.25) is 0 Å². The Kier molecular flexibility index (Phi) is 9.36. The molecule has 0 aliphatic rings. The molecular weight excluding hydrogens is 240 g/mol. The predicted molar refractivity (Wildman–Crippen MR) is 79.2 cm³/mol. The summed E-state index contributed by atoms with van der Waals surface area (Å²) in [6.07, 6.45) is 6.66. The number of rotatable bonds is 10. The van der Waals surface area contributed by atoms with E-state index >= 15 is 0 Å². The molecule has 0 rings (SSSR count). The van der Waals surface area contributed by atoms with Gasteiger partial charge in [0.05, 0.1) is 6.61 Å². The smallest absolute Gasteiger partial charge is 0.434 e. The zero-order valence-electron chi connectivity index (χ0n) is 13.0. The Morgan fingerprint density at radius 2 is 1.84 bits per heavy atom. The van der Waals surface area contributed by atoms with Gasteiger partial charge in [0.2, 0.25) is 0 Å². The van der Waals surface area contributed by atoms with Crippen LogP contribution in [0, 0.1) is 5.92 Å². The average molecular weight is 270 g/mol. The molecule has 0 aromatic heterocycles. The van der Waals surface area contributed by atoms with Crippen LogP contribution < -0.4 is 0 Å². The van der Waals surface area contributed by atoms with Gasteiger partial charge in [0.1, 0.15) is 5.60 Å².